The second-order valence-corrected chi connectivity index (χ2v) is 7.03. The van der Waals surface area contributed by atoms with Gasteiger partial charge in [-0.25, -0.2) is 9.97 Å². The molecule has 2 aromatic heterocycles. The molecular formula is C22H21N5O2. The van der Waals surface area contributed by atoms with Gasteiger partial charge in [0, 0.05) is 28.1 Å². The molecule has 0 saturated heterocycles. The zero-order valence-corrected chi connectivity index (χ0v) is 16.5. The largest absolute Gasteiger partial charge is 0.356 e. The highest BCUT2D eigenvalue weighted by Gasteiger charge is 2.13. The number of anilines is 3. The molecule has 4 aromatic rings. The molecule has 0 atom stereocenters. The summed E-state index contributed by atoms with van der Waals surface area (Å²) in [6.45, 7) is 5.84. The van der Waals surface area contributed by atoms with E-state index in [0.717, 1.165) is 28.0 Å². The van der Waals surface area contributed by atoms with Crippen molar-refractivity contribution in [3.05, 3.63) is 71.2 Å². The Bertz CT molecular complexity index is 1180. The predicted octanol–water partition coefficient (Wildman–Crippen LogP) is 4.47. The van der Waals surface area contributed by atoms with Gasteiger partial charge in [-0.3, -0.25) is 4.79 Å². The van der Waals surface area contributed by atoms with Crippen molar-refractivity contribution in [2.24, 2.45) is 0 Å². The molecule has 2 N–H and O–H groups in total. The number of carbonyl (C=O) groups excluding carboxylic acids is 1. The topological polar surface area (TPSA) is 92.9 Å². The molecular weight excluding hydrogens is 366 g/mol. The van der Waals surface area contributed by atoms with E-state index in [9.17, 15) is 4.79 Å². The zero-order chi connectivity index (χ0) is 20.4. The summed E-state index contributed by atoms with van der Waals surface area (Å²) >= 11 is 0. The number of benzene rings is 2. The van der Waals surface area contributed by atoms with E-state index in [1.807, 2.05) is 69.3 Å². The average molecular weight is 387 g/mol. The Morgan fingerprint density at radius 2 is 1.72 bits per heavy atom. The molecule has 0 fully saturated rings. The van der Waals surface area contributed by atoms with Crippen molar-refractivity contribution < 1.29 is 9.32 Å². The maximum absolute atomic E-state index is 12.5. The van der Waals surface area contributed by atoms with Crippen molar-refractivity contribution in [1.82, 2.24) is 15.1 Å². The van der Waals surface area contributed by atoms with Crippen molar-refractivity contribution in [3.63, 3.8) is 0 Å². The highest BCUT2D eigenvalue weighted by atomic mass is 16.5. The summed E-state index contributed by atoms with van der Waals surface area (Å²) in [6, 6.07) is 15.1. The third-order valence-corrected chi connectivity index (χ3v) is 4.41. The number of aromatic nitrogens is 3. The summed E-state index contributed by atoms with van der Waals surface area (Å²) in [5, 5.41) is 11.0. The summed E-state index contributed by atoms with van der Waals surface area (Å²) in [5.41, 5.74) is 5.63. The van der Waals surface area contributed by atoms with Gasteiger partial charge in [0.2, 0.25) is 11.9 Å². The van der Waals surface area contributed by atoms with Crippen LogP contribution in [0.3, 0.4) is 0 Å². The Kier molecular flexibility index (Phi) is 4.95. The van der Waals surface area contributed by atoms with Crippen LogP contribution in [0.2, 0.25) is 0 Å². The smallest absolute Gasteiger partial charge is 0.230 e. The average Bonchev–Trinajstić information content (AvgIpc) is 3.03. The molecule has 0 aliphatic carbocycles. The van der Waals surface area contributed by atoms with Crippen LogP contribution in [0.4, 0.5) is 17.3 Å². The molecule has 2 aromatic carbocycles. The van der Waals surface area contributed by atoms with Crippen LogP contribution in [0.15, 0.2) is 53.1 Å². The lowest BCUT2D eigenvalue weighted by Gasteiger charge is -2.09. The van der Waals surface area contributed by atoms with E-state index in [2.05, 4.69) is 25.8 Å². The molecule has 0 unspecified atom stereocenters. The first kappa shape index (κ1) is 18.6. The Balaban J connectivity index is 1.47. The maximum Gasteiger partial charge on any atom is 0.230 e. The molecule has 2 heterocycles. The molecule has 0 aliphatic rings. The van der Waals surface area contributed by atoms with Crippen LogP contribution in [-0.2, 0) is 11.2 Å². The van der Waals surface area contributed by atoms with E-state index in [1.165, 1.54) is 0 Å². The summed E-state index contributed by atoms with van der Waals surface area (Å²) in [4.78, 5) is 21.3. The summed E-state index contributed by atoms with van der Waals surface area (Å²) in [7, 11) is 0. The molecule has 146 valence electrons. The van der Waals surface area contributed by atoms with Crippen LogP contribution >= 0.6 is 0 Å². The summed E-state index contributed by atoms with van der Waals surface area (Å²) < 4.78 is 5.31. The molecule has 7 nitrogen and oxygen atoms in total. The molecule has 0 spiro atoms. The Morgan fingerprint density at radius 1 is 0.966 bits per heavy atom. The van der Waals surface area contributed by atoms with E-state index in [-0.39, 0.29) is 12.3 Å². The number of aryl methyl sites for hydroxylation is 3. The van der Waals surface area contributed by atoms with Crippen LogP contribution in [-0.4, -0.2) is 21.0 Å². The van der Waals surface area contributed by atoms with Gasteiger partial charge in [-0.2, -0.15) is 0 Å². The number of rotatable bonds is 5. The van der Waals surface area contributed by atoms with Crippen LogP contribution in [0.25, 0.3) is 11.0 Å². The zero-order valence-electron chi connectivity index (χ0n) is 16.5. The first-order valence-electron chi connectivity index (χ1n) is 9.30. The minimum Gasteiger partial charge on any atom is -0.356 e. The summed E-state index contributed by atoms with van der Waals surface area (Å²) in [5.74, 6) is 0.358. The van der Waals surface area contributed by atoms with Crippen molar-refractivity contribution in [2.45, 2.75) is 27.2 Å². The summed E-state index contributed by atoms with van der Waals surface area (Å²) in [6.07, 6.45) is 0.133. The van der Waals surface area contributed by atoms with Crippen LogP contribution in [0, 0.1) is 20.8 Å². The Hall–Kier alpha value is -3.74. The fourth-order valence-corrected chi connectivity index (χ4v) is 3.17. The SMILES string of the molecule is Cc1ccc2onc(CC(=O)Nc3cccc(Nc4nc(C)cc(C)n4)c3)c2c1. The number of amides is 1. The number of fused-ring (bicyclic) bond motifs is 1. The van der Waals surface area contributed by atoms with Crippen molar-refractivity contribution >= 4 is 34.2 Å². The van der Waals surface area contributed by atoms with Gasteiger partial charge in [0.05, 0.1) is 6.42 Å². The number of carbonyl (C=O) groups is 1. The highest BCUT2D eigenvalue weighted by molar-refractivity contribution is 5.95. The normalized spacial score (nSPS) is 10.9. The van der Waals surface area contributed by atoms with Crippen LogP contribution in [0.5, 0.6) is 0 Å². The second kappa shape index (κ2) is 7.71. The highest BCUT2D eigenvalue weighted by Crippen LogP contribution is 2.22. The molecule has 0 saturated carbocycles. The lowest BCUT2D eigenvalue weighted by molar-refractivity contribution is -0.115. The van der Waals surface area contributed by atoms with Crippen LogP contribution < -0.4 is 10.6 Å². The molecule has 29 heavy (non-hydrogen) atoms. The number of nitrogens with zero attached hydrogens (tertiary/aromatic N) is 3. The van der Waals surface area contributed by atoms with Gasteiger partial charge in [-0.1, -0.05) is 22.9 Å². The monoisotopic (exact) mass is 387 g/mol. The van der Waals surface area contributed by atoms with Gasteiger partial charge in [-0.15, -0.1) is 0 Å². The lowest BCUT2D eigenvalue weighted by atomic mass is 10.1. The maximum atomic E-state index is 12.5. The van der Waals surface area contributed by atoms with Gasteiger partial charge < -0.3 is 15.2 Å². The van der Waals surface area contributed by atoms with Crippen LogP contribution in [0.1, 0.15) is 22.6 Å². The van der Waals surface area contributed by atoms with E-state index >= 15 is 0 Å². The van der Waals surface area contributed by atoms with Gasteiger partial charge in [-0.05, 0) is 57.2 Å². The van der Waals surface area contributed by atoms with Crippen molar-refractivity contribution in [2.75, 3.05) is 10.6 Å². The minimum absolute atomic E-state index is 0.133. The van der Waals surface area contributed by atoms with Gasteiger partial charge >= 0.3 is 0 Å². The first-order chi connectivity index (χ1) is 14.0. The predicted molar refractivity (Wildman–Crippen MR) is 112 cm³/mol. The minimum atomic E-state index is -0.165. The van der Waals surface area contributed by atoms with E-state index in [4.69, 9.17) is 4.52 Å². The van der Waals surface area contributed by atoms with Crippen molar-refractivity contribution in [3.8, 4) is 0 Å². The number of nitrogens with one attached hydrogen (secondary N) is 2. The van der Waals surface area contributed by atoms with E-state index in [1.54, 1.807) is 0 Å². The molecule has 7 heteroatoms. The molecule has 1 amide bonds. The number of hydrogen-bond acceptors (Lipinski definition) is 6. The fraction of sp³-hybridized carbons (Fsp3) is 0.182. The number of hydrogen-bond donors (Lipinski definition) is 2. The van der Waals surface area contributed by atoms with Gasteiger partial charge in [0.25, 0.3) is 0 Å². The van der Waals surface area contributed by atoms with E-state index in [0.29, 0.717) is 22.9 Å². The van der Waals surface area contributed by atoms with E-state index < -0.39 is 0 Å². The molecule has 0 bridgehead atoms. The molecule has 0 aliphatic heterocycles. The Labute approximate surface area is 168 Å². The van der Waals surface area contributed by atoms with Gasteiger partial charge in [0.15, 0.2) is 5.58 Å². The fourth-order valence-electron chi connectivity index (χ4n) is 3.17. The second-order valence-electron chi connectivity index (χ2n) is 7.03. The standard InChI is InChI=1S/C22H21N5O2/c1-13-7-8-20-18(9-13)19(27-29-20)12-21(28)25-16-5-4-6-17(11-16)26-22-23-14(2)10-15(3)24-22/h4-11H,12H2,1-3H3,(H,25,28)(H,23,24,26). The molecule has 0 radical (unpaired) electrons. The quantitative estimate of drug-likeness (QED) is 0.525. The Morgan fingerprint density at radius 3 is 2.52 bits per heavy atom. The van der Waals surface area contributed by atoms with Gasteiger partial charge in [0.1, 0.15) is 5.69 Å². The van der Waals surface area contributed by atoms with Crippen molar-refractivity contribution in [1.29, 1.82) is 0 Å². The third-order valence-electron chi connectivity index (χ3n) is 4.41. The first-order valence-corrected chi connectivity index (χ1v) is 9.30. The lowest BCUT2D eigenvalue weighted by Crippen LogP contribution is -2.14. The third kappa shape index (κ3) is 4.40. The molecule has 4 rings (SSSR count).